The Balaban J connectivity index is 2.37. The highest BCUT2D eigenvalue weighted by atomic mass is 35.5. The van der Waals surface area contributed by atoms with Crippen molar-refractivity contribution in [3.63, 3.8) is 0 Å². The van der Waals surface area contributed by atoms with Gasteiger partial charge in [0.05, 0.1) is 15.9 Å². The molecular weight excluding hydrogens is 319 g/mol. The van der Waals surface area contributed by atoms with E-state index >= 15 is 0 Å². The molecule has 0 bridgehead atoms. The van der Waals surface area contributed by atoms with Gasteiger partial charge in [-0.05, 0) is 42.8 Å². The van der Waals surface area contributed by atoms with Gasteiger partial charge in [-0.3, -0.25) is 0 Å². The molecule has 21 heavy (non-hydrogen) atoms. The van der Waals surface area contributed by atoms with Crippen LogP contribution in [0, 0.1) is 0 Å². The van der Waals surface area contributed by atoms with E-state index in [9.17, 15) is 13.2 Å². The van der Waals surface area contributed by atoms with Crippen molar-refractivity contribution in [1.82, 2.24) is 5.32 Å². The summed E-state index contributed by atoms with van der Waals surface area (Å²) in [5.41, 5.74) is -0.0391. The number of alkyl halides is 3. The Hall–Kier alpha value is -1.04. The second-order valence-corrected chi connectivity index (χ2v) is 6.40. The van der Waals surface area contributed by atoms with Crippen LogP contribution >= 0.6 is 22.9 Å². The van der Waals surface area contributed by atoms with Crippen molar-refractivity contribution in [1.29, 1.82) is 0 Å². The molecule has 1 nitrogen and oxygen atoms in total. The van der Waals surface area contributed by atoms with Crippen LogP contribution in [-0.4, -0.2) is 6.54 Å². The average molecular weight is 334 g/mol. The Labute approximate surface area is 130 Å². The highest BCUT2D eigenvalue weighted by molar-refractivity contribution is 7.16. The van der Waals surface area contributed by atoms with E-state index in [1.54, 1.807) is 12.1 Å². The molecule has 1 N–H and O–H groups in total. The maximum Gasteiger partial charge on any atom is 0.416 e. The molecule has 0 aliphatic carbocycles. The number of halogens is 4. The Morgan fingerprint density at radius 1 is 1.24 bits per heavy atom. The van der Waals surface area contributed by atoms with Gasteiger partial charge in [-0.2, -0.15) is 13.2 Å². The van der Waals surface area contributed by atoms with E-state index in [2.05, 4.69) is 5.32 Å². The number of hydrogen-bond donors (Lipinski definition) is 1. The molecule has 0 spiro atoms. The summed E-state index contributed by atoms with van der Waals surface area (Å²) in [5, 5.41) is 3.28. The summed E-state index contributed by atoms with van der Waals surface area (Å²) in [6.07, 6.45) is -3.44. The van der Waals surface area contributed by atoms with Crippen molar-refractivity contribution in [2.45, 2.75) is 25.6 Å². The summed E-state index contributed by atoms with van der Waals surface area (Å²) in [5.74, 6) is 0. The molecule has 1 heterocycles. The molecule has 0 aliphatic rings. The molecule has 0 fully saturated rings. The van der Waals surface area contributed by atoms with E-state index < -0.39 is 11.7 Å². The zero-order valence-electron chi connectivity index (χ0n) is 11.4. The van der Waals surface area contributed by atoms with Crippen LogP contribution in [0.1, 0.15) is 35.4 Å². The van der Waals surface area contributed by atoms with Crippen molar-refractivity contribution in [3.05, 3.63) is 56.7 Å². The van der Waals surface area contributed by atoms with Gasteiger partial charge in [-0.1, -0.05) is 30.7 Å². The number of hydrogen-bond acceptors (Lipinski definition) is 2. The summed E-state index contributed by atoms with van der Waals surface area (Å²) in [7, 11) is 0. The van der Waals surface area contributed by atoms with Gasteiger partial charge in [-0.15, -0.1) is 11.3 Å². The fraction of sp³-hybridized carbons (Fsp3) is 0.333. The summed E-state index contributed by atoms with van der Waals surface area (Å²) < 4.78 is 39.2. The first-order valence-corrected chi connectivity index (χ1v) is 7.77. The van der Waals surface area contributed by atoms with Crippen LogP contribution in [0.2, 0.25) is 4.34 Å². The van der Waals surface area contributed by atoms with Crippen LogP contribution in [0.15, 0.2) is 36.4 Å². The summed E-state index contributed by atoms with van der Waals surface area (Å²) in [6, 6.07) is 8.76. The third kappa shape index (κ3) is 4.22. The van der Waals surface area contributed by atoms with Gasteiger partial charge < -0.3 is 5.32 Å². The third-order valence-corrected chi connectivity index (χ3v) is 4.32. The maximum absolute atomic E-state index is 12.9. The molecule has 0 saturated heterocycles. The minimum absolute atomic E-state index is 0.273. The quantitative estimate of drug-likeness (QED) is 0.760. The first-order valence-electron chi connectivity index (χ1n) is 6.57. The lowest BCUT2D eigenvalue weighted by atomic mass is 10.0. The molecule has 0 aliphatic heterocycles. The molecule has 1 aromatic heterocycles. The molecule has 1 unspecified atom stereocenters. The molecule has 6 heteroatoms. The van der Waals surface area contributed by atoms with Gasteiger partial charge in [0, 0.05) is 4.88 Å². The third-order valence-electron chi connectivity index (χ3n) is 3.02. The first-order chi connectivity index (χ1) is 9.91. The van der Waals surface area contributed by atoms with Gasteiger partial charge >= 0.3 is 6.18 Å². The smallest absolute Gasteiger partial charge is 0.306 e. The summed E-state index contributed by atoms with van der Waals surface area (Å²) in [4.78, 5) is 0.910. The van der Waals surface area contributed by atoms with Crippen LogP contribution < -0.4 is 5.32 Å². The highest BCUT2D eigenvalue weighted by Crippen LogP contribution is 2.34. The lowest BCUT2D eigenvalue weighted by Crippen LogP contribution is -2.22. The zero-order chi connectivity index (χ0) is 15.5. The fourth-order valence-corrected chi connectivity index (χ4v) is 3.21. The van der Waals surface area contributed by atoms with E-state index in [1.807, 2.05) is 13.0 Å². The Bertz CT molecular complexity index is 595. The van der Waals surface area contributed by atoms with Crippen molar-refractivity contribution in [2.75, 3.05) is 6.54 Å². The fourth-order valence-electron chi connectivity index (χ4n) is 2.05. The molecule has 0 amide bonds. The lowest BCUT2D eigenvalue weighted by Gasteiger charge is -2.19. The number of rotatable bonds is 5. The van der Waals surface area contributed by atoms with E-state index in [1.165, 1.54) is 23.5 Å². The topological polar surface area (TPSA) is 12.0 Å². The second kappa shape index (κ2) is 6.81. The zero-order valence-corrected chi connectivity index (χ0v) is 12.9. The van der Waals surface area contributed by atoms with Crippen LogP contribution in [0.3, 0.4) is 0 Å². The van der Waals surface area contributed by atoms with Gasteiger partial charge in [0.2, 0.25) is 0 Å². The van der Waals surface area contributed by atoms with Crippen molar-refractivity contribution in [3.8, 4) is 0 Å². The van der Waals surface area contributed by atoms with Gasteiger partial charge in [0.25, 0.3) is 0 Å². The van der Waals surface area contributed by atoms with E-state index in [0.717, 1.165) is 23.9 Å². The van der Waals surface area contributed by atoms with E-state index in [0.29, 0.717) is 9.90 Å². The molecule has 2 aromatic rings. The number of benzene rings is 1. The molecular formula is C15H15ClF3NS. The largest absolute Gasteiger partial charge is 0.416 e. The van der Waals surface area contributed by atoms with Crippen molar-refractivity contribution >= 4 is 22.9 Å². The standard InChI is InChI=1S/C15H15ClF3NS/c1-2-8-20-14(12-6-7-13(16)21-12)10-4-3-5-11(9-10)15(17,18)19/h3-7,9,14,20H,2,8H2,1H3. The maximum atomic E-state index is 12.9. The monoisotopic (exact) mass is 333 g/mol. The van der Waals surface area contributed by atoms with Crippen LogP contribution in [0.25, 0.3) is 0 Å². The highest BCUT2D eigenvalue weighted by Gasteiger charge is 2.31. The molecule has 2 rings (SSSR count). The second-order valence-electron chi connectivity index (χ2n) is 4.65. The van der Waals surface area contributed by atoms with Crippen LogP contribution in [0.5, 0.6) is 0 Å². The van der Waals surface area contributed by atoms with Crippen molar-refractivity contribution < 1.29 is 13.2 Å². The first kappa shape index (κ1) is 16.3. The lowest BCUT2D eigenvalue weighted by molar-refractivity contribution is -0.137. The Morgan fingerprint density at radius 2 is 2.00 bits per heavy atom. The summed E-state index contributed by atoms with van der Waals surface area (Å²) in [6.45, 7) is 2.73. The molecule has 114 valence electrons. The van der Waals surface area contributed by atoms with Crippen LogP contribution in [-0.2, 0) is 6.18 Å². The van der Waals surface area contributed by atoms with Gasteiger partial charge in [-0.25, -0.2) is 0 Å². The predicted octanol–water partition coefficient (Wildman–Crippen LogP) is 5.51. The Morgan fingerprint density at radius 3 is 2.57 bits per heavy atom. The van der Waals surface area contributed by atoms with Gasteiger partial charge in [0.1, 0.15) is 0 Å². The van der Waals surface area contributed by atoms with E-state index in [-0.39, 0.29) is 6.04 Å². The van der Waals surface area contributed by atoms with Crippen molar-refractivity contribution in [2.24, 2.45) is 0 Å². The van der Waals surface area contributed by atoms with Crippen LogP contribution in [0.4, 0.5) is 13.2 Å². The van der Waals surface area contributed by atoms with Gasteiger partial charge in [0.15, 0.2) is 0 Å². The SMILES string of the molecule is CCCNC(c1cccc(C(F)(F)F)c1)c1ccc(Cl)s1. The number of thiophene rings is 1. The minimum atomic E-state index is -4.33. The molecule has 0 radical (unpaired) electrons. The number of nitrogens with one attached hydrogen (secondary N) is 1. The molecule has 1 aromatic carbocycles. The normalized spacial score (nSPS) is 13.4. The molecule has 1 atom stereocenters. The Kier molecular flexibility index (Phi) is 5.30. The predicted molar refractivity (Wildman–Crippen MR) is 80.9 cm³/mol. The summed E-state index contributed by atoms with van der Waals surface area (Å²) >= 11 is 7.32. The molecule has 0 saturated carbocycles. The van der Waals surface area contributed by atoms with E-state index in [4.69, 9.17) is 11.6 Å². The minimum Gasteiger partial charge on any atom is -0.306 e. The average Bonchev–Trinajstić information content (AvgIpc) is 2.85.